The molecule has 1 aliphatic rings. The number of fused-ring (bicyclic) bond motifs is 2. The maximum atomic E-state index is 12.0. The Morgan fingerprint density at radius 3 is 2.86 bits per heavy atom. The molecule has 1 aromatic carbocycles. The third-order valence-corrected chi connectivity index (χ3v) is 4.28. The number of anilines is 1. The summed E-state index contributed by atoms with van der Waals surface area (Å²) in [6.45, 7) is 1.24. The van der Waals surface area contributed by atoms with Crippen LogP contribution in [-0.4, -0.2) is 35.8 Å². The van der Waals surface area contributed by atoms with Gasteiger partial charge in [-0.2, -0.15) is 5.26 Å². The summed E-state index contributed by atoms with van der Waals surface area (Å²) in [5.74, 6) is 1.65. The number of rotatable bonds is 6. The van der Waals surface area contributed by atoms with Crippen molar-refractivity contribution in [2.24, 2.45) is 0 Å². The Balaban J connectivity index is 1.37. The second-order valence-electron chi connectivity index (χ2n) is 6.17. The molecule has 0 atom stereocenters. The number of carbonyl (C=O) groups excluding carboxylic acids is 1. The van der Waals surface area contributed by atoms with Gasteiger partial charge in [0.05, 0.1) is 16.6 Å². The summed E-state index contributed by atoms with van der Waals surface area (Å²) >= 11 is 0. The van der Waals surface area contributed by atoms with Crippen molar-refractivity contribution in [2.75, 3.05) is 25.2 Å². The van der Waals surface area contributed by atoms with Crippen molar-refractivity contribution >= 4 is 22.6 Å². The van der Waals surface area contributed by atoms with E-state index < -0.39 is 0 Å². The van der Waals surface area contributed by atoms with E-state index in [0.29, 0.717) is 48.0 Å². The lowest BCUT2D eigenvalue weighted by molar-refractivity contribution is 0.0953. The Bertz CT molecular complexity index is 1060. The summed E-state index contributed by atoms with van der Waals surface area (Å²) in [7, 11) is 0. The van der Waals surface area contributed by atoms with Gasteiger partial charge < -0.3 is 20.1 Å². The summed E-state index contributed by atoms with van der Waals surface area (Å²) in [6, 6.07) is 11.0. The molecule has 1 amide bonds. The zero-order valence-corrected chi connectivity index (χ0v) is 14.9. The van der Waals surface area contributed by atoms with Crippen LogP contribution in [0.25, 0.3) is 10.9 Å². The highest BCUT2D eigenvalue weighted by Gasteiger charge is 2.16. The average Bonchev–Trinajstić information content (AvgIpc) is 3.19. The molecule has 0 fully saturated rings. The van der Waals surface area contributed by atoms with Crippen LogP contribution in [-0.2, 0) is 0 Å². The molecule has 8 heteroatoms. The number of hydrogen-bond acceptors (Lipinski definition) is 7. The van der Waals surface area contributed by atoms with Gasteiger partial charge in [0.2, 0.25) is 6.79 Å². The first-order valence-corrected chi connectivity index (χ1v) is 8.81. The number of hydrogen-bond donors (Lipinski definition) is 2. The minimum atomic E-state index is -0.161. The maximum absolute atomic E-state index is 12.0. The highest BCUT2D eigenvalue weighted by Crippen LogP contribution is 2.36. The highest BCUT2D eigenvalue weighted by atomic mass is 16.7. The number of carbonyl (C=O) groups is 1. The van der Waals surface area contributed by atoms with Crippen molar-refractivity contribution in [2.45, 2.75) is 6.42 Å². The van der Waals surface area contributed by atoms with Crippen molar-refractivity contribution < 1.29 is 14.3 Å². The number of benzene rings is 1. The van der Waals surface area contributed by atoms with E-state index in [2.05, 4.69) is 26.7 Å². The zero-order chi connectivity index (χ0) is 19.3. The van der Waals surface area contributed by atoms with Crippen LogP contribution >= 0.6 is 0 Å². The highest BCUT2D eigenvalue weighted by molar-refractivity contribution is 5.93. The molecular formula is C20H17N5O3. The zero-order valence-electron chi connectivity index (χ0n) is 14.9. The summed E-state index contributed by atoms with van der Waals surface area (Å²) in [4.78, 5) is 20.4. The summed E-state index contributed by atoms with van der Waals surface area (Å²) in [5, 5.41) is 16.2. The standard InChI is InChI=1S/C20H17N5O3/c21-10-15-7-14-8-17-18(28-12-27-17)9-16(14)25-19(15)23-5-2-6-24-20(26)13-3-1-4-22-11-13/h1,3-4,7-9,11H,2,5-6,12H2,(H,23,25)(H,24,26). The molecule has 0 radical (unpaired) electrons. The molecular weight excluding hydrogens is 358 g/mol. The molecule has 28 heavy (non-hydrogen) atoms. The Morgan fingerprint density at radius 1 is 1.21 bits per heavy atom. The number of nitriles is 1. The predicted molar refractivity (Wildman–Crippen MR) is 102 cm³/mol. The topological polar surface area (TPSA) is 109 Å². The third kappa shape index (κ3) is 3.64. The van der Waals surface area contributed by atoms with E-state index in [1.165, 1.54) is 6.20 Å². The molecule has 0 aliphatic carbocycles. The van der Waals surface area contributed by atoms with Crippen molar-refractivity contribution in [1.82, 2.24) is 15.3 Å². The van der Waals surface area contributed by atoms with Crippen molar-refractivity contribution in [1.29, 1.82) is 5.26 Å². The van der Waals surface area contributed by atoms with Gasteiger partial charge in [-0.15, -0.1) is 0 Å². The lowest BCUT2D eigenvalue weighted by atomic mass is 10.1. The first kappa shape index (κ1) is 17.5. The molecule has 0 bridgehead atoms. The quantitative estimate of drug-likeness (QED) is 0.637. The van der Waals surface area contributed by atoms with Gasteiger partial charge >= 0.3 is 0 Å². The van der Waals surface area contributed by atoms with Gasteiger partial charge in [-0.3, -0.25) is 9.78 Å². The van der Waals surface area contributed by atoms with E-state index in [1.807, 2.05) is 6.07 Å². The fraction of sp³-hybridized carbons (Fsp3) is 0.200. The summed E-state index contributed by atoms with van der Waals surface area (Å²) in [6.07, 6.45) is 3.83. The second-order valence-corrected chi connectivity index (χ2v) is 6.17. The first-order chi connectivity index (χ1) is 13.7. The van der Waals surface area contributed by atoms with Crippen LogP contribution in [0.4, 0.5) is 5.82 Å². The van der Waals surface area contributed by atoms with E-state index in [9.17, 15) is 10.1 Å². The Morgan fingerprint density at radius 2 is 2.07 bits per heavy atom. The maximum Gasteiger partial charge on any atom is 0.252 e. The number of nitrogens with one attached hydrogen (secondary N) is 2. The van der Waals surface area contributed by atoms with Crippen LogP contribution in [0, 0.1) is 11.3 Å². The number of ether oxygens (including phenoxy) is 2. The largest absolute Gasteiger partial charge is 0.454 e. The van der Waals surface area contributed by atoms with Gasteiger partial charge in [-0.05, 0) is 30.7 Å². The van der Waals surface area contributed by atoms with Crippen LogP contribution in [0.3, 0.4) is 0 Å². The molecule has 3 aromatic rings. The van der Waals surface area contributed by atoms with E-state index in [0.717, 1.165) is 10.9 Å². The normalized spacial score (nSPS) is 11.8. The third-order valence-electron chi connectivity index (χ3n) is 4.28. The van der Waals surface area contributed by atoms with Gasteiger partial charge in [0.15, 0.2) is 11.5 Å². The lowest BCUT2D eigenvalue weighted by Crippen LogP contribution is -2.26. The average molecular weight is 375 g/mol. The van der Waals surface area contributed by atoms with E-state index >= 15 is 0 Å². The number of aromatic nitrogens is 2. The molecule has 0 saturated heterocycles. The molecule has 1 aliphatic heterocycles. The van der Waals surface area contributed by atoms with Gasteiger partial charge in [0, 0.05) is 36.9 Å². The van der Waals surface area contributed by atoms with Crippen molar-refractivity contribution in [3.05, 3.63) is 53.9 Å². The van der Waals surface area contributed by atoms with E-state index in [1.54, 1.807) is 30.5 Å². The predicted octanol–water partition coefficient (Wildman–Crippen LogP) is 2.46. The van der Waals surface area contributed by atoms with Gasteiger partial charge in [0.25, 0.3) is 5.91 Å². The summed E-state index contributed by atoms with van der Waals surface area (Å²) in [5.41, 5.74) is 1.69. The SMILES string of the molecule is N#Cc1cc2cc3c(cc2nc1NCCCNC(=O)c1cccnc1)OCO3. The van der Waals surface area contributed by atoms with Gasteiger partial charge in [0.1, 0.15) is 11.9 Å². The van der Waals surface area contributed by atoms with Crippen LogP contribution < -0.4 is 20.1 Å². The second kappa shape index (κ2) is 7.80. The molecule has 0 unspecified atom stereocenters. The summed E-state index contributed by atoms with van der Waals surface area (Å²) < 4.78 is 10.7. The van der Waals surface area contributed by atoms with Crippen molar-refractivity contribution in [3.63, 3.8) is 0 Å². The molecule has 140 valence electrons. The molecule has 8 nitrogen and oxygen atoms in total. The number of pyridine rings is 2. The smallest absolute Gasteiger partial charge is 0.252 e. The Labute approximate surface area is 161 Å². The molecule has 4 rings (SSSR count). The Hall–Kier alpha value is -3.86. The Kier molecular flexibility index (Phi) is 4.89. The molecule has 2 N–H and O–H groups in total. The molecule has 3 heterocycles. The van der Waals surface area contributed by atoms with Gasteiger partial charge in [-0.25, -0.2) is 4.98 Å². The van der Waals surface area contributed by atoms with E-state index in [4.69, 9.17) is 9.47 Å². The van der Waals surface area contributed by atoms with Crippen LogP contribution in [0.15, 0.2) is 42.7 Å². The monoisotopic (exact) mass is 375 g/mol. The van der Waals surface area contributed by atoms with Crippen molar-refractivity contribution in [3.8, 4) is 17.6 Å². The fourth-order valence-corrected chi connectivity index (χ4v) is 2.88. The number of nitrogens with zero attached hydrogens (tertiary/aromatic N) is 3. The van der Waals surface area contributed by atoms with E-state index in [-0.39, 0.29) is 12.7 Å². The van der Waals surface area contributed by atoms with Gasteiger partial charge in [-0.1, -0.05) is 0 Å². The van der Waals surface area contributed by atoms with Crippen LogP contribution in [0.5, 0.6) is 11.5 Å². The molecule has 0 saturated carbocycles. The minimum Gasteiger partial charge on any atom is -0.454 e. The minimum absolute atomic E-state index is 0.161. The first-order valence-electron chi connectivity index (χ1n) is 8.81. The van der Waals surface area contributed by atoms with Crippen LogP contribution in [0.2, 0.25) is 0 Å². The fourth-order valence-electron chi connectivity index (χ4n) is 2.88. The molecule has 0 spiro atoms. The lowest BCUT2D eigenvalue weighted by Gasteiger charge is -2.10. The molecule has 2 aromatic heterocycles. The van der Waals surface area contributed by atoms with Crippen LogP contribution in [0.1, 0.15) is 22.3 Å². The number of amides is 1.